The topological polar surface area (TPSA) is 65.0 Å². The summed E-state index contributed by atoms with van der Waals surface area (Å²) in [5.41, 5.74) is 0.100. The van der Waals surface area contributed by atoms with Gasteiger partial charge in [-0.3, -0.25) is 15.0 Å². The number of aromatic amines is 1. The Hall–Kier alpha value is -1.69. The van der Waals surface area contributed by atoms with Crippen molar-refractivity contribution in [1.29, 1.82) is 0 Å². The third-order valence-corrected chi connectivity index (χ3v) is 2.95. The molecule has 1 fully saturated rings. The van der Waals surface area contributed by atoms with E-state index in [2.05, 4.69) is 16.9 Å². The van der Waals surface area contributed by atoms with Gasteiger partial charge in [-0.2, -0.15) is 0 Å². The summed E-state index contributed by atoms with van der Waals surface area (Å²) in [5, 5.41) is 10.5. The van der Waals surface area contributed by atoms with Gasteiger partial charge in [-0.05, 0) is 0 Å². The van der Waals surface area contributed by atoms with E-state index in [0.29, 0.717) is 0 Å². The molecule has 2 rings (SSSR count). The van der Waals surface area contributed by atoms with E-state index in [0.717, 1.165) is 32.0 Å². The van der Waals surface area contributed by atoms with Crippen LogP contribution in [0.5, 0.6) is 0 Å². The van der Waals surface area contributed by atoms with Crippen LogP contribution in [0.25, 0.3) is 0 Å². The van der Waals surface area contributed by atoms with Crippen LogP contribution in [0.4, 0.5) is 11.5 Å². The molecule has 0 aromatic carbocycles. The van der Waals surface area contributed by atoms with Gasteiger partial charge in [0.1, 0.15) is 26.2 Å². The average Bonchev–Trinajstić information content (AvgIpc) is 2.30. The molecule has 1 aliphatic heterocycles. The lowest BCUT2D eigenvalue weighted by Gasteiger charge is -2.25. The lowest BCUT2D eigenvalue weighted by Crippen LogP contribution is -3.12. The number of aromatic nitrogens is 1. The van der Waals surface area contributed by atoms with Crippen molar-refractivity contribution in [3.8, 4) is 0 Å². The molecule has 0 unspecified atom stereocenters. The van der Waals surface area contributed by atoms with Crippen LogP contribution in [0.3, 0.4) is 0 Å². The standard InChI is InChI=1S/C10H14N4O2/c1-12-4-6-13(7-5-12)10-3-2-9(8-11-10)14(15)16/h2-3,8H,4-7H2,1H3/p+2. The summed E-state index contributed by atoms with van der Waals surface area (Å²) < 4.78 is 0. The molecular weight excluding hydrogens is 208 g/mol. The van der Waals surface area contributed by atoms with Crippen molar-refractivity contribution < 1.29 is 14.8 Å². The number of quaternary nitrogens is 1. The molecule has 2 heterocycles. The van der Waals surface area contributed by atoms with Crippen LogP contribution in [0.2, 0.25) is 0 Å². The van der Waals surface area contributed by atoms with Crippen LogP contribution in [0.15, 0.2) is 18.3 Å². The van der Waals surface area contributed by atoms with Gasteiger partial charge in [0.15, 0.2) is 6.20 Å². The van der Waals surface area contributed by atoms with Gasteiger partial charge in [-0.25, -0.2) is 4.98 Å². The first-order valence-electron chi connectivity index (χ1n) is 5.39. The van der Waals surface area contributed by atoms with E-state index in [1.807, 2.05) is 0 Å². The zero-order valence-corrected chi connectivity index (χ0v) is 9.27. The molecule has 0 saturated carbocycles. The first-order valence-corrected chi connectivity index (χ1v) is 5.39. The number of nitrogens with zero attached hydrogens (tertiary/aromatic N) is 2. The minimum Gasteiger partial charge on any atom is -0.331 e. The summed E-state index contributed by atoms with van der Waals surface area (Å²) >= 11 is 0. The van der Waals surface area contributed by atoms with Gasteiger partial charge in [0.05, 0.1) is 12.0 Å². The van der Waals surface area contributed by atoms with Gasteiger partial charge in [0, 0.05) is 12.1 Å². The first-order chi connectivity index (χ1) is 7.66. The molecule has 86 valence electrons. The highest BCUT2D eigenvalue weighted by atomic mass is 16.6. The molecule has 2 N–H and O–H groups in total. The maximum atomic E-state index is 10.5. The Balaban J connectivity index is 2.07. The van der Waals surface area contributed by atoms with E-state index < -0.39 is 4.92 Å². The molecule has 16 heavy (non-hydrogen) atoms. The molecule has 1 aliphatic rings. The molecule has 0 amide bonds. The summed E-state index contributed by atoms with van der Waals surface area (Å²) in [6.07, 6.45) is 1.44. The van der Waals surface area contributed by atoms with Crippen LogP contribution in [0, 0.1) is 10.1 Å². The quantitative estimate of drug-likeness (QED) is 0.504. The van der Waals surface area contributed by atoms with E-state index in [4.69, 9.17) is 0 Å². The number of piperazine rings is 1. The molecule has 6 heteroatoms. The Bertz CT molecular complexity index is 371. The highest BCUT2D eigenvalue weighted by Gasteiger charge is 2.24. The summed E-state index contributed by atoms with van der Waals surface area (Å²) in [4.78, 5) is 16.8. The normalized spacial score (nSPS) is 17.4. The Morgan fingerprint density at radius 1 is 1.44 bits per heavy atom. The maximum absolute atomic E-state index is 10.5. The Labute approximate surface area is 93.6 Å². The van der Waals surface area contributed by atoms with E-state index in [-0.39, 0.29) is 5.69 Å². The molecule has 0 radical (unpaired) electrons. The second kappa shape index (κ2) is 4.44. The molecule has 0 bridgehead atoms. The van der Waals surface area contributed by atoms with Crippen molar-refractivity contribution in [2.75, 3.05) is 38.1 Å². The molecule has 0 atom stereocenters. The number of nitrogens with one attached hydrogen (secondary N) is 2. The number of pyridine rings is 1. The largest absolute Gasteiger partial charge is 0.331 e. The number of H-pyrrole nitrogens is 1. The smallest absolute Gasteiger partial charge is 0.308 e. The van der Waals surface area contributed by atoms with Gasteiger partial charge < -0.3 is 4.90 Å². The molecular formula is C10H16N4O2+2. The summed E-state index contributed by atoms with van der Waals surface area (Å²) in [5.74, 6) is 0.957. The fourth-order valence-corrected chi connectivity index (χ4v) is 1.85. The summed E-state index contributed by atoms with van der Waals surface area (Å²) in [6.45, 7) is 4.18. The second-order valence-electron chi connectivity index (χ2n) is 4.13. The second-order valence-corrected chi connectivity index (χ2v) is 4.13. The van der Waals surface area contributed by atoms with Gasteiger partial charge in [0.2, 0.25) is 0 Å². The third kappa shape index (κ3) is 2.27. The predicted molar refractivity (Wildman–Crippen MR) is 58.5 cm³/mol. The van der Waals surface area contributed by atoms with Crippen molar-refractivity contribution in [2.24, 2.45) is 0 Å². The van der Waals surface area contributed by atoms with Crippen LogP contribution in [-0.2, 0) is 0 Å². The van der Waals surface area contributed by atoms with E-state index in [1.165, 1.54) is 17.2 Å². The first kappa shape index (κ1) is 10.8. The highest BCUT2D eigenvalue weighted by Crippen LogP contribution is 2.11. The zero-order valence-electron chi connectivity index (χ0n) is 9.27. The van der Waals surface area contributed by atoms with Crippen molar-refractivity contribution in [1.82, 2.24) is 0 Å². The minimum absolute atomic E-state index is 0.100. The van der Waals surface area contributed by atoms with Crippen molar-refractivity contribution >= 4 is 11.5 Å². The highest BCUT2D eigenvalue weighted by molar-refractivity contribution is 5.37. The molecule has 1 saturated heterocycles. The number of rotatable bonds is 2. The van der Waals surface area contributed by atoms with Gasteiger partial charge in [-0.1, -0.05) is 0 Å². The zero-order chi connectivity index (χ0) is 11.5. The summed E-state index contributed by atoms with van der Waals surface area (Å²) in [6, 6.07) is 3.32. The molecule has 0 spiro atoms. The molecule has 1 aromatic heterocycles. The Kier molecular flexibility index (Phi) is 3.00. The lowest BCUT2D eigenvalue weighted by molar-refractivity contribution is -0.880. The lowest BCUT2D eigenvalue weighted by atomic mass is 10.3. The average molecular weight is 224 g/mol. The van der Waals surface area contributed by atoms with Crippen molar-refractivity contribution in [3.63, 3.8) is 0 Å². The fraction of sp³-hybridized carbons (Fsp3) is 0.500. The fourth-order valence-electron chi connectivity index (χ4n) is 1.85. The third-order valence-electron chi connectivity index (χ3n) is 2.95. The van der Waals surface area contributed by atoms with Gasteiger partial charge in [0.25, 0.3) is 5.82 Å². The van der Waals surface area contributed by atoms with Gasteiger partial charge >= 0.3 is 5.69 Å². The van der Waals surface area contributed by atoms with E-state index in [9.17, 15) is 10.1 Å². The number of nitro groups is 1. The molecule has 0 aliphatic carbocycles. The van der Waals surface area contributed by atoms with Crippen LogP contribution >= 0.6 is 0 Å². The Morgan fingerprint density at radius 2 is 2.12 bits per heavy atom. The summed E-state index contributed by atoms with van der Waals surface area (Å²) in [7, 11) is 2.18. The number of hydrogen-bond donors (Lipinski definition) is 1. The SMILES string of the molecule is C[NH+]1CCN(c2ccc([N+](=O)[O-])c[nH+]2)CC1. The number of likely N-dealkylation sites (N-methyl/N-ethyl adjacent to an activating group) is 1. The van der Waals surface area contributed by atoms with Crippen LogP contribution in [0.1, 0.15) is 0 Å². The monoisotopic (exact) mass is 224 g/mol. The Morgan fingerprint density at radius 3 is 2.62 bits per heavy atom. The van der Waals surface area contributed by atoms with E-state index in [1.54, 1.807) is 6.07 Å². The van der Waals surface area contributed by atoms with Gasteiger partial charge in [-0.15, -0.1) is 0 Å². The van der Waals surface area contributed by atoms with Crippen molar-refractivity contribution in [2.45, 2.75) is 0 Å². The van der Waals surface area contributed by atoms with E-state index >= 15 is 0 Å². The number of anilines is 1. The minimum atomic E-state index is -0.394. The number of hydrogen-bond acceptors (Lipinski definition) is 3. The maximum Gasteiger partial charge on any atom is 0.308 e. The van der Waals surface area contributed by atoms with Crippen molar-refractivity contribution in [3.05, 3.63) is 28.4 Å². The molecule has 6 nitrogen and oxygen atoms in total. The van der Waals surface area contributed by atoms with Crippen LogP contribution < -0.4 is 14.8 Å². The molecule has 1 aromatic rings. The van der Waals surface area contributed by atoms with Crippen LogP contribution in [-0.4, -0.2) is 38.2 Å². The predicted octanol–water partition coefficient (Wildman–Crippen LogP) is -1.26.